The summed E-state index contributed by atoms with van der Waals surface area (Å²) in [7, 11) is 0. The molecule has 0 aliphatic carbocycles. The first kappa shape index (κ1) is 14.3. The van der Waals surface area contributed by atoms with E-state index in [1.54, 1.807) is 6.07 Å². The summed E-state index contributed by atoms with van der Waals surface area (Å²) in [5.74, 6) is 0.814. The summed E-state index contributed by atoms with van der Waals surface area (Å²) in [6.07, 6.45) is 4.04. The lowest BCUT2D eigenvalue weighted by atomic mass is 9.98. The molecule has 0 bridgehead atoms. The maximum Gasteiger partial charge on any atom is 0.254 e. The van der Waals surface area contributed by atoms with E-state index in [1.807, 2.05) is 11.0 Å². The van der Waals surface area contributed by atoms with Gasteiger partial charge >= 0.3 is 0 Å². The first-order valence-electron chi connectivity index (χ1n) is 7.06. The molecule has 3 nitrogen and oxygen atoms in total. The highest BCUT2D eigenvalue weighted by atomic mass is 35.5. The summed E-state index contributed by atoms with van der Waals surface area (Å²) in [5.41, 5.74) is 1.58. The molecule has 104 valence electrons. The van der Waals surface area contributed by atoms with Gasteiger partial charge in [-0.15, -0.1) is 0 Å². The van der Waals surface area contributed by atoms with Gasteiger partial charge in [-0.1, -0.05) is 31.9 Å². The minimum atomic E-state index is 0.0913. The minimum Gasteiger partial charge on any atom is -0.339 e. The quantitative estimate of drug-likeness (QED) is 0.793. The second kappa shape index (κ2) is 6.38. The van der Waals surface area contributed by atoms with Gasteiger partial charge in [-0.3, -0.25) is 4.79 Å². The fourth-order valence-electron chi connectivity index (χ4n) is 2.45. The lowest BCUT2D eigenvalue weighted by molar-refractivity contribution is 0.0697. The summed E-state index contributed by atoms with van der Waals surface area (Å²) in [6.45, 7) is 6.03. The summed E-state index contributed by atoms with van der Waals surface area (Å²) in [6, 6.07) is 3.57. The Balaban J connectivity index is 2.14. The van der Waals surface area contributed by atoms with Crippen molar-refractivity contribution in [1.82, 2.24) is 9.88 Å². The van der Waals surface area contributed by atoms with E-state index < -0.39 is 0 Å². The van der Waals surface area contributed by atoms with Crippen molar-refractivity contribution < 1.29 is 4.79 Å². The number of carbonyl (C=O) groups is 1. The van der Waals surface area contributed by atoms with Crippen LogP contribution in [0.3, 0.4) is 0 Å². The number of halogens is 1. The third-order valence-corrected chi connectivity index (χ3v) is 3.86. The number of aryl methyl sites for hydroxylation is 1. The number of piperidine rings is 1. The van der Waals surface area contributed by atoms with Crippen LogP contribution in [0.25, 0.3) is 0 Å². The van der Waals surface area contributed by atoms with Gasteiger partial charge in [-0.2, -0.15) is 0 Å². The molecule has 1 aromatic heterocycles. The average molecular weight is 281 g/mol. The minimum absolute atomic E-state index is 0.0913. The molecule has 1 aliphatic rings. The number of nitrogens with zero attached hydrogens (tertiary/aromatic N) is 2. The number of amides is 1. The van der Waals surface area contributed by atoms with E-state index in [0.29, 0.717) is 10.7 Å². The molecule has 0 N–H and O–H groups in total. The number of aromatic nitrogens is 1. The molecule has 1 aromatic rings. The Bertz CT molecular complexity index is 453. The molecule has 1 fully saturated rings. The second-order valence-electron chi connectivity index (χ2n) is 5.39. The van der Waals surface area contributed by atoms with Gasteiger partial charge < -0.3 is 4.90 Å². The van der Waals surface area contributed by atoms with Crippen LogP contribution in [-0.4, -0.2) is 28.9 Å². The third kappa shape index (κ3) is 3.69. The molecule has 0 radical (unpaired) electrons. The molecule has 19 heavy (non-hydrogen) atoms. The van der Waals surface area contributed by atoms with Gasteiger partial charge in [0.25, 0.3) is 5.91 Å². The smallest absolute Gasteiger partial charge is 0.254 e. The Labute approximate surface area is 120 Å². The standard InChI is InChI=1S/C15H21ClN2O/c1-3-4-13-9-12(10-14(16)17-13)15(19)18-7-5-11(2)6-8-18/h9-11H,3-8H2,1-2H3. The highest BCUT2D eigenvalue weighted by Crippen LogP contribution is 2.20. The summed E-state index contributed by atoms with van der Waals surface area (Å²) < 4.78 is 0. The Morgan fingerprint density at radius 3 is 2.74 bits per heavy atom. The summed E-state index contributed by atoms with van der Waals surface area (Å²) in [4.78, 5) is 18.6. The molecule has 1 saturated heterocycles. The van der Waals surface area contributed by atoms with Crippen LogP contribution >= 0.6 is 11.6 Å². The number of carbonyl (C=O) groups excluding carboxylic acids is 1. The van der Waals surface area contributed by atoms with Gasteiger partial charge in [-0.05, 0) is 37.3 Å². The van der Waals surface area contributed by atoms with E-state index in [9.17, 15) is 4.79 Å². The van der Waals surface area contributed by atoms with E-state index in [4.69, 9.17) is 11.6 Å². The van der Waals surface area contributed by atoms with E-state index in [2.05, 4.69) is 18.8 Å². The van der Waals surface area contributed by atoms with Crippen molar-refractivity contribution in [3.8, 4) is 0 Å². The van der Waals surface area contributed by atoms with Gasteiger partial charge in [-0.25, -0.2) is 4.98 Å². The van der Waals surface area contributed by atoms with Crippen LogP contribution in [0.4, 0.5) is 0 Å². The number of hydrogen-bond donors (Lipinski definition) is 0. The zero-order chi connectivity index (χ0) is 13.8. The molecule has 2 rings (SSSR count). The van der Waals surface area contributed by atoms with Crippen LogP contribution in [-0.2, 0) is 6.42 Å². The first-order chi connectivity index (χ1) is 9.10. The zero-order valence-electron chi connectivity index (χ0n) is 11.7. The molecule has 0 atom stereocenters. The van der Waals surface area contributed by atoms with E-state index in [0.717, 1.165) is 50.4 Å². The molecule has 0 saturated carbocycles. The first-order valence-corrected chi connectivity index (χ1v) is 7.43. The predicted molar refractivity (Wildman–Crippen MR) is 77.5 cm³/mol. The molecular weight excluding hydrogens is 260 g/mol. The van der Waals surface area contributed by atoms with Crippen molar-refractivity contribution in [2.45, 2.75) is 39.5 Å². The van der Waals surface area contributed by atoms with Crippen molar-refractivity contribution in [2.75, 3.05) is 13.1 Å². The maximum atomic E-state index is 12.5. The van der Waals surface area contributed by atoms with Crippen molar-refractivity contribution in [3.63, 3.8) is 0 Å². The van der Waals surface area contributed by atoms with Gasteiger partial charge in [0.05, 0.1) is 0 Å². The van der Waals surface area contributed by atoms with Gasteiger partial charge in [0, 0.05) is 24.3 Å². The van der Waals surface area contributed by atoms with Crippen molar-refractivity contribution in [1.29, 1.82) is 0 Å². The lowest BCUT2D eigenvalue weighted by Crippen LogP contribution is -2.38. The normalized spacial score (nSPS) is 16.7. The van der Waals surface area contributed by atoms with E-state index in [-0.39, 0.29) is 5.91 Å². The third-order valence-electron chi connectivity index (χ3n) is 3.67. The SMILES string of the molecule is CCCc1cc(C(=O)N2CCC(C)CC2)cc(Cl)n1. The van der Waals surface area contributed by atoms with Crippen molar-refractivity contribution in [2.24, 2.45) is 5.92 Å². The largest absolute Gasteiger partial charge is 0.339 e. The van der Waals surface area contributed by atoms with Gasteiger partial charge in [0.2, 0.25) is 0 Å². The topological polar surface area (TPSA) is 33.2 Å². The van der Waals surface area contributed by atoms with E-state index in [1.165, 1.54) is 0 Å². The zero-order valence-corrected chi connectivity index (χ0v) is 12.4. The lowest BCUT2D eigenvalue weighted by Gasteiger charge is -2.30. The number of likely N-dealkylation sites (tertiary alicyclic amines) is 1. The molecule has 0 spiro atoms. The Kier molecular flexibility index (Phi) is 4.81. The summed E-state index contributed by atoms with van der Waals surface area (Å²) >= 11 is 6.01. The van der Waals surface area contributed by atoms with Crippen molar-refractivity contribution in [3.05, 3.63) is 28.5 Å². The van der Waals surface area contributed by atoms with Crippen LogP contribution in [0.15, 0.2) is 12.1 Å². The predicted octanol–water partition coefficient (Wildman–Crippen LogP) is 3.56. The monoisotopic (exact) mass is 280 g/mol. The van der Waals surface area contributed by atoms with Crippen LogP contribution in [0.5, 0.6) is 0 Å². The molecule has 0 aromatic carbocycles. The fourth-order valence-corrected chi connectivity index (χ4v) is 2.68. The summed E-state index contributed by atoms with van der Waals surface area (Å²) in [5, 5.41) is 0.416. The van der Waals surface area contributed by atoms with Crippen molar-refractivity contribution >= 4 is 17.5 Å². The molecule has 2 heterocycles. The van der Waals surface area contributed by atoms with Crippen LogP contribution in [0.1, 0.15) is 49.2 Å². The number of hydrogen-bond acceptors (Lipinski definition) is 2. The second-order valence-corrected chi connectivity index (χ2v) is 5.78. The Hall–Kier alpha value is -1.09. The van der Waals surface area contributed by atoms with Gasteiger partial charge in [0.1, 0.15) is 5.15 Å². The molecule has 4 heteroatoms. The van der Waals surface area contributed by atoms with E-state index >= 15 is 0 Å². The highest BCUT2D eigenvalue weighted by Gasteiger charge is 2.22. The Morgan fingerprint density at radius 1 is 1.42 bits per heavy atom. The highest BCUT2D eigenvalue weighted by molar-refractivity contribution is 6.29. The number of pyridine rings is 1. The van der Waals surface area contributed by atoms with Crippen LogP contribution < -0.4 is 0 Å². The molecule has 1 amide bonds. The Morgan fingerprint density at radius 2 is 2.11 bits per heavy atom. The van der Waals surface area contributed by atoms with Gasteiger partial charge in [0.15, 0.2) is 0 Å². The average Bonchev–Trinajstić information content (AvgIpc) is 2.38. The molecule has 0 unspecified atom stereocenters. The van der Waals surface area contributed by atoms with Crippen LogP contribution in [0, 0.1) is 5.92 Å². The van der Waals surface area contributed by atoms with Crippen LogP contribution in [0.2, 0.25) is 5.15 Å². The maximum absolute atomic E-state index is 12.5. The number of rotatable bonds is 3. The molecule has 1 aliphatic heterocycles. The molecular formula is C15H21ClN2O. The fraction of sp³-hybridized carbons (Fsp3) is 0.600.